The standard InChI is InChI=1S/C25H27FN2O7S/c1-5-34-23(30)13-28-21(14-29)18-10-15(6-9-22(18)36(28,32)33)19-12-27(24(31)35-25(2,3)4)20-11-16(26)7-8-17(19)20/h6-12,21,29H,5,13-14H2,1-4H3. The van der Waals surface area contributed by atoms with Gasteiger partial charge < -0.3 is 14.6 Å². The van der Waals surface area contributed by atoms with Crippen molar-refractivity contribution in [3.8, 4) is 11.1 Å². The Kier molecular flexibility index (Phi) is 6.67. The number of aliphatic hydroxyl groups is 1. The zero-order valence-corrected chi connectivity index (χ0v) is 21.1. The lowest BCUT2D eigenvalue weighted by atomic mass is 9.99. The predicted octanol–water partition coefficient (Wildman–Crippen LogP) is 3.83. The molecule has 192 valence electrons. The summed E-state index contributed by atoms with van der Waals surface area (Å²) in [4.78, 5) is 24.9. The number of carbonyl (C=O) groups is 2. The third kappa shape index (κ3) is 4.61. The molecule has 0 fully saturated rings. The summed E-state index contributed by atoms with van der Waals surface area (Å²) in [5.41, 5.74) is 0.894. The summed E-state index contributed by atoms with van der Waals surface area (Å²) in [7, 11) is -4.05. The maximum absolute atomic E-state index is 14.1. The van der Waals surface area contributed by atoms with Gasteiger partial charge in [-0.2, -0.15) is 4.31 Å². The van der Waals surface area contributed by atoms with Crippen LogP contribution in [0, 0.1) is 5.82 Å². The number of aliphatic hydroxyl groups excluding tert-OH is 1. The molecule has 3 aromatic rings. The van der Waals surface area contributed by atoms with E-state index in [2.05, 4.69) is 0 Å². The molecule has 1 atom stereocenters. The number of benzene rings is 2. The normalized spacial score (nSPS) is 17.2. The van der Waals surface area contributed by atoms with E-state index in [1.807, 2.05) is 0 Å². The molecule has 1 N–H and O–H groups in total. The number of hydrogen-bond acceptors (Lipinski definition) is 7. The lowest BCUT2D eigenvalue weighted by Gasteiger charge is -2.20. The van der Waals surface area contributed by atoms with Crippen LogP contribution in [0.5, 0.6) is 0 Å². The fraction of sp³-hybridized carbons (Fsp3) is 0.360. The van der Waals surface area contributed by atoms with E-state index in [1.54, 1.807) is 39.8 Å². The number of fused-ring (bicyclic) bond motifs is 2. The summed E-state index contributed by atoms with van der Waals surface area (Å²) in [6.07, 6.45) is 0.815. The average molecular weight is 519 g/mol. The van der Waals surface area contributed by atoms with E-state index in [4.69, 9.17) is 9.47 Å². The van der Waals surface area contributed by atoms with Crippen LogP contribution in [0.15, 0.2) is 47.5 Å². The maximum Gasteiger partial charge on any atom is 0.419 e. The molecule has 9 nitrogen and oxygen atoms in total. The van der Waals surface area contributed by atoms with Crippen LogP contribution in [0.25, 0.3) is 22.0 Å². The number of rotatable bonds is 5. The van der Waals surface area contributed by atoms with Crippen LogP contribution in [0.1, 0.15) is 39.3 Å². The number of hydrogen-bond donors (Lipinski definition) is 1. The highest BCUT2D eigenvalue weighted by atomic mass is 32.2. The quantitative estimate of drug-likeness (QED) is 0.511. The van der Waals surface area contributed by atoms with E-state index >= 15 is 0 Å². The highest BCUT2D eigenvalue weighted by molar-refractivity contribution is 7.89. The minimum absolute atomic E-state index is 0.0310. The van der Waals surface area contributed by atoms with Gasteiger partial charge in [-0.15, -0.1) is 0 Å². The van der Waals surface area contributed by atoms with Crippen LogP contribution >= 0.6 is 0 Å². The van der Waals surface area contributed by atoms with E-state index in [-0.39, 0.29) is 17.0 Å². The van der Waals surface area contributed by atoms with Gasteiger partial charge in [-0.05, 0) is 69.2 Å². The van der Waals surface area contributed by atoms with E-state index < -0.39 is 52.7 Å². The van der Waals surface area contributed by atoms with Crippen molar-refractivity contribution < 1.29 is 37.0 Å². The number of sulfonamides is 1. The van der Waals surface area contributed by atoms with Crippen LogP contribution in [0.4, 0.5) is 9.18 Å². The van der Waals surface area contributed by atoms with Crippen molar-refractivity contribution in [2.45, 2.75) is 44.2 Å². The van der Waals surface area contributed by atoms with E-state index in [9.17, 15) is 27.5 Å². The number of ether oxygens (including phenoxy) is 2. The van der Waals surface area contributed by atoms with Gasteiger partial charge in [0.25, 0.3) is 0 Å². The van der Waals surface area contributed by atoms with Gasteiger partial charge in [0, 0.05) is 17.1 Å². The minimum atomic E-state index is -4.05. The van der Waals surface area contributed by atoms with Crippen molar-refractivity contribution in [1.29, 1.82) is 0 Å². The van der Waals surface area contributed by atoms with Gasteiger partial charge in [-0.3, -0.25) is 9.36 Å². The Morgan fingerprint density at radius 2 is 1.86 bits per heavy atom. The zero-order valence-electron chi connectivity index (χ0n) is 20.3. The summed E-state index contributed by atoms with van der Waals surface area (Å²) in [6.45, 7) is 5.77. The van der Waals surface area contributed by atoms with E-state index in [0.717, 1.165) is 4.31 Å². The Labute approximate surface area is 208 Å². The molecule has 1 unspecified atom stereocenters. The second kappa shape index (κ2) is 9.30. The fourth-order valence-corrected chi connectivity index (χ4v) is 6.05. The lowest BCUT2D eigenvalue weighted by molar-refractivity contribution is -0.143. The largest absolute Gasteiger partial charge is 0.465 e. The fourth-order valence-electron chi connectivity index (χ4n) is 4.27. The summed E-state index contributed by atoms with van der Waals surface area (Å²) in [5.74, 6) is -1.26. The topological polar surface area (TPSA) is 115 Å². The zero-order chi connectivity index (χ0) is 26.4. The summed E-state index contributed by atoms with van der Waals surface area (Å²) < 4.78 is 52.8. The third-order valence-electron chi connectivity index (χ3n) is 5.74. The van der Waals surface area contributed by atoms with Crippen LogP contribution in [0.3, 0.4) is 0 Å². The van der Waals surface area contributed by atoms with Gasteiger partial charge in [-0.25, -0.2) is 17.6 Å². The van der Waals surface area contributed by atoms with Crippen molar-refractivity contribution in [3.05, 3.63) is 54.0 Å². The molecule has 0 saturated carbocycles. The molecule has 2 aromatic carbocycles. The van der Waals surface area contributed by atoms with Crippen LogP contribution in [-0.4, -0.2) is 59.8 Å². The van der Waals surface area contributed by atoms with Crippen molar-refractivity contribution in [1.82, 2.24) is 8.87 Å². The van der Waals surface area contributed by atoms with Crippen molar-refractivity contribution in [3.63, 3.8) is 0 Å². The number of carbonyl (C=O) groups excluding carboxylic acids is 2. The predicted molar refractivity (Wildman–Crippen MR) is 129 cm³/mol. The summed E-state index contributed by atoms with van der Waals surface area (Å²) in [5, 5.41) is 10.6. The Balaban J connectivity index is 1.83. The minimum Gasteiger partial charge on any atom is -0.465 e. The van der Waals surface area contributed by atoms with E-state index in [0.29, 0.717) is 22.1 Å². The molecule has 4 rings (SSSR count). The Morgan fingerprint density at radius 1 is 1.14 bits per heavy atom. The molecule has 0 aliphatic carbocycles. The first-order valence-corrected chi connectivity index (χ1v) is 12.8. The van der Waals surface area contributed by atoms with Gasteiger partial charge in [0.05, 0.1) is 29.7 Å². The van der Waals surface area contributed by atoms with Gasteiger partial charge >= 0.3 is 12.1 Å². The number of halogens is 1. The molecule has 0 bridgehead atoms. The molecule has 1 aliphatic rings. The first kappa shape index (κ1) is 25.8. The van der Waals surface area contributed by atoms with Crippen LogP contribution in [0.2, 0.25) is 0 Å². The van der Waals surface area contributed by atoms with Crippen LogP contribution in [-0.2, 0) is 24.3 Å². The van der Waals surface area contributed by atoms with Gasteiger partial charge in [0.1, 0.15) is 18.0 Å². The van der Waals surface area contributed by atoms with E-state index in [1.165, 1.54) is 35.0 Å². The molecule has 0 spiro atoms. The molecule has 1 aliphatic heterocycles. The molecule has 36 heavy (non-hydrogen) atoms. The third-order valence-corrected chi connectivity index (χ3v) is 7.66. The molecule has 1 aromatic heterocycles. The lowest BCUT2D eigenvalue weighted by Crippen LogP contribution is -2.35. The summed E-state index contributed by atoms with van der Waals surface area (Å²) in [6, 6.07) is 7.58. The summed E-state index contributed by atoms with van der Waals surface area (Å²) >= 11 is 0. The molecule has 0 amide bonds. The SMILES string of the molecule is CCOC(=O)CN1C(CO)c2cc(-c3cn(C(=O)OC(C)(C)C)c4cc(F)ccc34)ccc2S1(=O)=O. The molecule has 2 heterocycles. The number of aromatic nitrogens is 1. The average Bonchev–Trinajstić information content (AvgIpc) is 3.25. The molecule has 0 radical (unpaired) electrons. The first-order chi connectivity index (χ1) is 16.9. The number of nitrogens with zero attached hydrogens (tertiary/aromatic N) is 2. The Bertz CT molecular complexity index is 1460. The van der Waals surface area contributed by atoms with Gasteiger partial charge in [0.15, 0.2) is 0 Å². The first-order valence-electron chi connectivity index (χ1n) is 11.3. The van der Waals surface area contributed by atoms with Crippen molar-refractivity contribution in [2.24, 2.45) is 0 Å². The van der Waals surface area contributed by atoms with Crippen molar-refractivity contribution in [2.75, 3.05) is 19.8 Å². The molecule has 0 saturated heterocycles. The van der Waals surface area contributed by atoms with Crippen molar-refractivity contribution >= 4 is 33.0 Å². The molecular formula is C25H27FN2O7S. The Morgan fingerprint density at radius 3 is 2.50 bits per heavy atom. The van der Waals surface area contributed by atoms with Gasteiger partial charge in [0.2, 0.25) is 10.0 Å². The van der Waals surface area contributed by atoms with Crippen LogP contribution < -0.4 is 0 Å². The molecule has 11 heteroatoms. The molecular weight excluding hydrogens is 491 g/mol. The maximum atomic E-state index is 14.1. The highest BCUT2D eigenvalue weighted by Crippen LogP contribution is 2.42. The second-order valence-corrected chi connectivity index (χ2v) is 11.2. The van der Waals surface area contributed by atoms with Gasteiger partial charge in [-0.1, -0.05) is 6.07 Å². The Hall–Kier alpha value is -3.28. The highest BCUT2D eigenvalue weighted by Gasteiger charge is 2.43. The smallest absolute Gasteiger partial charge is 0.419 e. The monoisotopic (exact) mass is 518 g/mol. The number of esters is 1. The second-order valence-electron chi connectivity index (χ2n) is 9.36.